The molecule has 0 unspecified atom stereocenters. The molecular weight excluding hydrogens is 356 g/mol. The van der Waals surface area contributed by atoms with Crippen LogP contribution in [0.15, 0.2) is 34.9 Å². The van der Waals surface area contributed by atoms with Crippen LogP contribution < -0.4 is 4.74 Å². The number of hydrogen-bond acceptors (Lipinski definition) is 3. The minimum absolute atomic E-state index is 0.182. The lowest BCUT2D eigenvalue weighted by Crippen LogP contribution is -2.08. The lowest BCUT2D eigenvalue weighted by atomic mass is 10.1. The van der Waals surface area contributed by atoms with Crippen LogP contribution in [0.5, 0.6) is 11.6 Å². The van der Waals surface area contributed by atoms with Gasteiger partial charge < -0.3 is 4.74 Å². The molecular formula is C13H5BrF4N2O. The third kappa shape index (κ3) is 3.49. The molecule has 0 aliphatic carbocycles. The van der Waals surface area contributed by atoms with Crippen LogP contribution in [0.1, 0.15) is 11.1 Å². The van der Waals surface area contributed by atoms with E-state index in [9.17, 15) is 17.6 Å². The zero-order valence-electron chi connectivity index (χ0n) is 10.1. The number of nitrogens with zero attached hydrogens (tertiary/aromatic N) is 2. The number of rotatable bonds is 2. The van der Waals surface area contributed by atoms with Crippen molar-refractivity contribution in [2.24, 2.45) is 0 Å². The van der Waals surface area contributed by atoms with E-state index in [1.165, 1.54) is 6.20 Å². The molecule has 8 heteroatoms. The highest BCUT2D eigenvalue weighted by Gasteiger charge is 2.35. The second kappa shape index (κ2) is 5.69. The van der Waals surface area contributed by atoms with Gasteiger partial charge in [-0.05, 0) is 40.2 Å². The molecule has 21 heavy (non-hydrogen) atoms. The van der Waals surface area contributed by atoms with Crippen LogP contribution in [0.2, 0.25) is 0 Å². The Balaban J connectivity index is 2.47. The van der Waals surface area contributed by atoms with Crippen LogP contribution in [-0.4, -0.2) is 4.98 Å². The van der Waals surface area contributed by atoms with Crippen molar-refractivity contribution in [3.8, 4) is 17.7 Å². The average molecular weight is 361 g/mol. The van der Waals surface area contributed by atoms with Gasteiger partial charge in [-0.1, -0.05) is 0 Å². The zero-order valence-corrected chi connectivity index (χ0v) is 11.7. The molecule has 0 aliphatic rings. The van der Waals surface area contributed by atoms with Gasteiger partial charge in [-0.2, -0.15) is 18.4 Å². The van der Waals surface area contributed by atoms with Crippen molar-refractivity contribution in [1.82, 2.24) is 4.98 Å². The number of alkyl halides is 3. The number of hydrogen-bond donors (Lipinski definition) is 0. The molecule has 1 aromatic carbocycles. The Kier molecular flexibility index (Phi) is 4.14. The molecule has 0 atom stereocenters. The molecule has 1 heterocycles. The predicted molar refractivity (Wildman–Crippen MR) is 68.1 cm³/mol. The molecule has 2 aromatic rings. The van der Waals surface area contributed by atoms with E-state index in [2.05, 4.69) is 20.9 Å². The molecule has 0 radical (unpaired) electrons. The van der Waals surface area contributed by atoms with Crippen molar-refractivity contribution in [2.75, 3.05) is 0 Å². The van der Waals surface area contributed by atoms with Gasteiger partial charge in [0.1, 0.15) is 5.75 Å². The van der Waals surface area contributed by atoms with Gasteiger partial charge in [-0.3, -0.25) is 0 Å². The summed E-state index contributed by atoms with van der Waals surface area (Å²) in [5, 5.41) is 8.65. The Bertz CT molecular complexity index is 725. The standard InChI is InChI=1S/C13H5BrF4N2O/c14-8-4-10(15)12(20-6-8)21-11-2-1-7(5-19)3-9(11)13(16,17)18/h1-4,6H. The molecule has 0 spiro atoms. The Morgan fingerprint density at radius 1 is 1.24 bits per heavy atom. The van der Waals surface area contributed by atoms with Gasteiger partial charge in [0.2, 0.25) is 0 Å². The number of benzene rings is 1. The molecule has 0 aliphatic heterocycles. The van der Waals surface area contributed by atoms with Crippen LogP contribution in [0, 0.1) is 17.1 Å². The molecule has 0 fully saturated rings. The summed E-state index contributed by atoms with van der Waals surface area (Å²) in [5.41, 5.74) is -1.36. The van der Waals surface area contributed by atoms with Crippen LogP contribution >= 0.6 is 15.9 Å². The van der Waals surface area contributed by atoms with Crippen LogP contribution in [0.4, 0.5) is 17.6 Å². The molecule has 108 valence electrons. The highest BCUT2D eigenvalue weighted by atomic mass is 79.9. The first kappa shape index (κ1) is 15.3. The molecule has 0 bridgehead atoms. The largest absolute Gasteiger partial charge is 0.436 e. The van der Waals surface area contributed by atoms with Crippen LogP contribution in [0.3, 0.4) is 0 Å². The first-order chi connectivity index (χ1) is 9.81. The van der Waals surface area contributed by atoms with E-state index in [4.69, 9.17) is 10.00 Å². The van der Waals surface area contributed by atoms with Gasteiger partial charge >= 0.3 is 6.18 Å². The maximum Gasteiger partial charge on any atom is 0.420 e. The smallest absolute Gasteiger partial charge is 0.420 e. The van der Waals surface area contributed by atoms with Crippen molar-refractivity contribution >= 4 is 15.9 Å². The molecule has 0 amide bonds. The number of ether oxygens (including phenoxy) is 1. The van der Waals surface area contributed by atoms with Crippen molar-refractivity contribution < 1.29 is 22.3 Å². The number of nitriles is 1. The van der Waals surface area contributed by atoms with Crippen molar-refractivity contribution in [1.29, 1.82) is 5.26 Å². The predicted octanol–water partition coefficient (Wildman–Crippen LogP) is 4.67. The van der Waals surface area contributed by atoms with Gasteiger partial charge in [0.25, 0.3) is 5.88 Å². The van der Waals surface area contributed by atoms with E-state index < -0.39 is 29.2 Å². The lowest BCUT2D eigenvalue weighted by Gasteiger charge is -2.13. The second-order valence-electron chi connectivity index (χ2n) is 3.86. The van der Waals surface area contributed by atoms with Crippen molar-refractivity contribution in [3.63, 3.8) is 0 Å². The van der Waals surface area contributed by atoms with E-state index in [0.29, 0.717) is 10.5 Å². The normalized spacial score (nSPS) is 11.0. The first-order valence-corrected chi connectivity index (χ1v) is 6.21. The van der Waals surface area contributed by atoms with E-state index in [-0.39, 0.29) is 5.56 Å². The minimum Gasteiger partial charge on any atom is -0.436 e. The molecule has 1 aromatic heterocycles. The summed E-state index contributed by atoms with van der Waals surface area (Å²) in [6.07, 6.45) is -3.55. The fraction of sp³-hybridized carbons (Fsp3) is 0.0769. The minimum atomic E-state index is -4.74. The van der Waals surface area contributed by atoms with Gasteiger partial charge in [0.05, 0.1) is 17.2 Å². The topological polar surface area (TPSA) is 45.9 Å². The third-order valence-electron chi connectivity index (χ3n) is 2.39. The summed E-state index contributed by atoms with van der Waals surface area (Å²) in [7, 11) is 0. The van der Waals surface area contributed by atoms with Gasteiger partial charge in [-0.15, -0.1) is 0 Å². The van der Waals surface area contributed by atoms with Gasteiger partial charge in [-0.25, -0.2) is 9.37 Å². The Morgan fingerprint density at radius 2 is 1.95 bits per heavy atom. The fourth-order valence-electron chi connectivity index (χ4n) is 1.49. The number of halogens is 5. The number of aromatic nitrogens is 1. The summed E-state index contributed by atoms with van der Waals surface area (Å²) in [6, 6.07) is 5.33. The monoisotopic (exact) mass is 360 g/mol. The summed E-state index contributed by atoms with van der Waals surface area (Å²) >= 11 is 2.97. The third-order valence-corrected chi connectivity index (χ3v) is 2.83. The van der Waals surface area contributed by atoms with E-state index >= 15 is 0 Å². The van der Waals surface area contributed by atoms with Gasteiger partial charge in [0.15, 0.2) is 5.82 Å². The SMILES string of the molecule is N#Cc1ccc(Oc2ncc(Br)cc2F)c(C(F)(F)F)c1. The Labute approximate surface area is 124 Å². The van der Waals surface area contributed by atoms with E-state index in [1.807, 2.05) is 0 Å². The maximum atomic E-state index is 13.6. The Morgan fingerprint density at radius 3 is 2.52 bits per heavy atom. The second-order valence-corrected chi connectivity index (χ2v) is 4.78. The van der Waals surface area contributed by atoms with Crippen LogP contribution in [-0.2, 0) is 6.18 Å². The maximum absolute atomic E-state index is 13.6. The molecule has 2 rings (SSSR count). The van der Waals surface area contributed by atoms with Crippen molar-refractivity contribution in [2.45, 2.75) is 6.18 Å². The average Bonchev–Trinajstić information content (AvgIpc) is 2.41. The van der Waals surface area contributed by atoms with Crippen LogP contribution in [0.25, 0.3) is 0 Å². The Hall–Kier alpha value is -2.14. The van der Waals surface area contributed by atoms with E-state index in [0.717, 1.165) is 18.2 Å². The van der Waals surface area contributed by atoms with E-state index in [1.54, 1.807) is 6.07 Å². The summed E-state index contributed by atoms with van der Waals surface area (Å²) < 4.78 is 57.5. The first-order valence-electron chi connectivity index (χ1n) is 5.41. The fourth-order valence-corrected chi connectivity index (χ4v) is 1.79. The molecule has 0 saturated heterocycles. The molecule has 0 N–H and O–H groups in total. The summed E-state index contributed by atoms with van der Waals surface area (Å²) in [5.74, 6) is -2.13. The van der Waals surface area contributed by atoms with Gasteiger partial charge in [0, 0.05) is 10.7 Å². The quantitative estimate of drug-likeness (QED) is 0.731. The highest BCUT2D eigenvalue weighted by Crippen LogP contribution is 2.38. The summed E-state index contributed by atoms with van der Waals surface area (Å²) in [6.45, 7) is 0. The molecule has 0 saturated carbocycles. The number of pyridine rings is 1. The molecule has 3 nitrogen and oxygen atoms in total. The zero-order chi connectivity index (χ0) is 15.6. The highest BCUT2D eigenvalue weighted by molar-refractivity contribution is 9.10. The summed E-state index contributed by atoms with van der Waals surface area (Å²) in [4.78, 5) is 3.56. The van der Waals surface area contributed by atoms with Crippen molar-refractivity contribution in [3.05, 3.63) is 51.9 Å². The lowest BCUT2D eigenvalue weighted by molar-refractivity contribution is -0.138.